The van der Waals surface area contributed by atoms with Gasteiger partial charge in [0.05, 0.1) is 12.7 Å². The van der Waals surface area contributed by atoms with Crippen LogP contribution in [0.1, 0.15) is 54.7 Å². The van der Waals surface area contributed by atoms with Gasteiger partial charge in [0.15, 0.2) is 5.54 Å². The number of fused-ring (bicyclic) bond motifs is 3. The summed E-state index contributed by atoms with van der Waals surface area (Å²) < 4.78 is 7.14. The maximum atomic E-state index is 12.7. The summed E-state index contributed by atoms with van der Waals surface area (Å²) in [6, 6.07) is 16.2. The van der Waals surface area contributed by atoms with Crippen molar-refractivity contribution in [2.45, 2.75) is 50.1 Å². The van der Waals surface area contributed by atoms with E-state index in [1.165, 1.54) is 13.3 Å². The van der Waals surface area contributed by atoms with Crippen molar-refractivity contribution in [1.29, 1.82) is 0 Å². The number of nitrogens with one attached hydrogen (secondary N) is 1. The molecule has 1 fully saturated rings. The van der Waals surface area contributed by atoms with Gasteiger partial charge in [-0.3, -0.25) is 4.68 Å². The highest BCUT2D eigenvalue weighted by molar-refractivity contribution is 5.84. The molecule has 1 unspecified atom stereocenters. The molecule has 1 saturated carbocycles. The molecule has 0 aliphatic heterocycles. The molecule has 2 N–H and O–H groups in total. The summed E-state index contributed by atoms with van der Waals surface area (Å²) in [5, 5.41) is 16.7. The lowest BCUT2D eigenvalue weighted by atomic mass is 9.81. The number of hydrogen-bond acceptors (Lipinski definition) is 4. The Morgan fingerprint density at radius 2 is 1.76 bits per heavy atom. The largest absolute Gasteiger partial charge is 0.479 e. The first kappa shape index (κ1) is 21.2. The number of carbonyl (C=O) groups excluding carboxylic acids is 1. The van der Waals surface area contributed by atoms with Crippen LogP contribution < -0.4 is 5.32 Å². The highest BCUT2D eigenvalue weighted by Crippen LogP contribution is 2.44. The molecule has 1 heterocycles. The van der Waals surface area contributed by atoms with Gasteiger partial charge < -0.3 is 15.2 Å². The fourth-order valence-electron chi connectivity index (χ4n) is 4.76. The summed E-state index contributed by atoms with van der Waals surface area (Å²) in [5.74, 6) is -0.725. The Bertz CT molecular complexity index is 1150. The average molecular weight is 446 g/mol. The minimum Gasteiger partial charge on any atom is -0.479 e. The van der Waals surface area contributed by atoms with Crippen LogP contribution in [0.15, 0.2) is 60.9 Å². The highest BCUT2D eigenvalue weighted by atomic mass is 16.5. The zero-order valence-electron chi connectivity index (χ0n) is 18.5. The molecule has 0 spiro atoms. The molecule has 33 heavy (non-hydrogen) atoms. The monoisotopic (exact) mass is 445 g/mol. The van der Waals surface area contributed by atoms with E-state index >= 15 is 0 Å². The van der Waals surface area contributed by atoms with E-state index in [9.17, 15) is 14.7 Å². The number of carboxylic acids is 1. The first-order valence-corrected chi connectivity index (χ1v) is 11.3. The van der Waals surface area contributed by atoms with Crippen LogP contribution in [-0.4, -0.2) is 39.1 Å². The first-order chi connectivity index (χ1) is 15.9. The van der Waals surface area contributed by atoms with Crippen molar-refractivity contribution in [2.24, 2.45) is 0 Å². The second kappa shape index (κ2) is 8.39. The minimum absolute atomic E-state index is 0.0131. The number of hydrogen-bond donors (Lipinski definition) is 2. The normalized spacial score (nSPS) is 16.9. The number of carboxylic acid groups (broad SMARTS) is 1. The molecule has 0 saturated heterocycles. The molecular formula is C26H27N3O4. The van der Waals surface area contributed by atoms with Gasteiger partial charge in [0.2, 0.25) is 0 Å². The van der Waals surface area contributed by atoms with Gasteiger partial charge in [-0.15, -0.1) is 0 Å². The molecule has 2 aliphatic carbocycles. The maximum Gasteiger partial charge on any atom is 0.408 e. The number of amides is 1. The lowest BCUT2D eigenvalue weighted by Crippen LogP contribution is -2.55. The quantitative estimate of drug-likeness (QED) is 0.557. The number of carbonyl (C=O) groups is 2. The van der Waals surface area contributed by atoms with Gasteiger partial charge >= 0.3 is 12.1 Å². The highest BCUT2D eigenvalue weighted by Gasteiger charge is 2.37. The molecule has 3 aromatic rings. The molecule has 0 radical (unpaired) electrons. The van der Waals surface area contributed by atoms with Crippen molar-refractivity contribution in [1.82, 2.24) is 15.1 Å². The van der Waals surface area contributed by atoms with Crippen molar-refractivity contribution in [3.63, 3.8) is 0 Å². The molecule has 2 aromatic carbocycles. The van der Waals surface area contributed by atoms with Crippen LogP contribution in [0.25, 0.3) is 11.1 Å². The first-order valence-electron chi connectivity index (χ1n) is 11.3. The van der Waals surface area contributed by atoms with E-state index in [2.05, 4.69) is 22.5 Å². The number of aromatic nitrogens is 2. The number of rotatable bonds is 7. The second-order valence-electron chi connectivity index (χ2n) is 9.19. The fourth-order valence-corrected chi connectivity index (χ4v) is 4.76. The summed E-state index contributed by atoms with van der Waals surface area (Å²) in [5.41, 5.74) is 4.05. The van der Waals surface area contributed by atoms with Crippen molar-refractivity contribution < 1.29 is 19.4 Å². The summed E-state index contributed by atoms with van der Waals surface area (Å²) in [7, 11) is 0. The average Bonchev–Trinajstić information content (AvgIpc) is 3.33. The van der Waals surface area contributed by atoms with Crippen LogP contribution in [-0.2, 0) is 16.1 Å². The van der Waals surface area contributed by atoms with Gasteiger partial charge in [0.25, 0.3) is 0 Å². The van der Waals surface area contributed by atoms with E-state index in [-0.39, 0.29) is 19.1 Å². The van der Waals surface area contributed by atoms with E-state index in [0.717, 1.165) is 40.7 Å². The summed E-state index contributed by atoms with van der Waals surface area (Å²) in [4.78, 5) is 24.7. The van der Waals surface area contributed by atoms with E-state index in [0.29, 0.717) is 5.92 Å². The van der Waals surface area contributed by atoms with Crippen molar-refractivity contribution >= 4 is 12.1 Å². The predicted octanol–water partition coefficient (Wildman–Crippen LogP) is 4.53. The van der Waals surface area contributed by atoms with Gasteiger partial charge in [0, 0.05) is 12.1 Å². The molecule has 1 atom stereocenters. The molecule has 7 nitrogen and oxygen atoms in total. The second-order valence-corrected chi connectivity index (χ2v) is 9.19. The van der Waals surface area contributed by atoms with Crippen LogP contribution in [0.5, 0.6) is 0 Å². The Labute approximate surface area is 192 Å². The number of nitrogens with zero attached hydrogens (tertiary/aromatic N) is 2. The third-order valence-electron chi connectivity index (χ3n) is 6.90. The molecule has 5 rings (SSSR count). The fraction of sp³-hybridized carbons (Fsp3) is 0.346. The molecule has 0 bridgehead atoms. The molecule has 7 heteroatoms. The third kappa shape index (κ3) is 3.99. The third-order valence-corrected chi connectivity index (χ3v) is 6.90. The van der Waals surface area contributed by atoms with Crippen LogP contribution in [0.4, 0.5) is 4.79 Å². The number of ether oxygens (including phenoxy) is 1. The van der Waals surface area contributed by atoms with E-state index in [1.54, 1.807) is 10.9 Å². The summed E-state index contributed by atoms with van der Waals surface area (Å²) in [6.45, 7) is 1.61. The van der Waals surface area contributed by atoms with Gasteiger partial charge in [-0.25, -0.2) is 9.59 Å². The summed E-state index contributed by atoms with van der Waals surface area (Å²) in [6.07, 6.45) is 6.41. The molecular weight excluding hydrogens is 418 g/mol. The molecule has 170 valence electrons. The van der Waals surface area contributed by atoms with E-state index in [1.807, 2.05) is 42.6 Å². The Hall–Kier alpha value is -3.61. The zero-order chi connectivity index (χ0) is 23.0. The summed E-state index contributed by atoms with van der Waals surface area (Å²) >= 11 is 0. The number of benzene rings is 2. The number of aliphatic carboxylic acids is 1. The van der Waals surface area contributed by atoms with E-state index < -0.39 is 17.6 Å². The van der Waals surface area contributed by atoms with Crippen molar-refractivity contribution in [3.8, 4) is 11.1 Å². The van der Waals surface area contributed by atoms with Crippen LogP contribution in [0, 0.1) is 0 Å². The molecule has 2 aliphatic rings. The maximum absolute atomic E-state index is 12.7. The Balaban J connectivity index is 1.26. The van der Waals surface area contributed by atoms with Gasteiger partial charge in [-0.2, -0.15) is 5.10 Å². The van der Waals surface area contributed by atoms with Crippen molar-refractivity contribution in [3.05, 3.63) is 77.6 Å². The Morgan fingerprint density at radius 1 is 1.12 bits per heavy atom. The van der Waals surface area contributed by atoms with Gasteiger partial charge in [0.1, 0.15) is 6.61 Å². The van der Waals surface area contributed by atoms with Gasteiger partial charge in [-0.1, -0.05) is 55.0 Å². The molecule has 1 amide bonds. The van der Waals surface area contributed by atoms with Crippen LogP contribution >= 0.6 is 0 Å². The van der Waals surface area contributed by atoms with E-state index in [4.69, 9.17) is 4.74 Å². The SMILES string of the molecule is CC(Cn1cc(C2CCC2)cn1)(NC(=O)OCC1c2ccccc2-c2ccccc21)C(=O)O. The molecule has 1 aromatic heterocycles. The number of alkyl carbamates (subject to hydrolysis) is 1. The van der Waals surface area contributed by atoms with Gasteiger partial charge in [-0.05, 0) is 53.5 Å². The Morgan fingerprint density at radius 3 is 2.33 bits per heavy atom. The van der Waals surface area contributed by atoms with Crippen LogP contribution in [0.3, 0.4) is 0 Å². The lowest BCUT2D eigenvalue weighted by Gasteiger charge is -2.26. The van der Waals surface area contributed by atoms with Crippen molar-refractivity contribution in [2.75, 3.05) is 6.61 Å². The minimum atomic E-state index is -1.55. The topological polar surface area (TPSA) is 93.5 Å². The zero-order valence-corrected chi connectivity index (χ0v) is 18.5. The lowest BCUT2D eigenvalue weighted by molar-refractivity contribution is -0.144. The smallest absolute Gasteiger partial charge is 0.408 e. The predicted molar refractivity (Wildman–Crippen MR) is 123 cm³/mol. The Kier molecular flexibility index (Phi) is 5.40. The standard InChI is InChI=1S/C26H27N3O4/c1-26(24(30)31,16-29-14-18(13-27-29)17-7-6-8-17)28-25(32)33-15-23-21-11-4-2-9-19(21)20-10-3-5-12-22(20)23/h2-5,9-14,17,23H,6-8,15-16H2,1H3,(H,28,32)(H,30,31). The van der Waals surface area contributed by atoms with Crippen LogP contribution in [0.2, 0.25) is 0 Å².